The highest BCUT2D eigenvalue weighted by molar-refractivity contribution is 5.96. The van der Waals surface area contributed by atoms with Crippen LogP contribution in [0.1, 0.15) is 15.9 Å². The lowest BCUT2D eigenvalue weighted by Gasteiger charge is -2.28. The van der Waals surface area contributed by atoms with E-state index in [1.807, 2.05) is 29.6 Å². The van der Waals surface area contributed by atoms with Crippen molar-refractivity contribution >= 4 is 22.6 Å². The number of morpholine rings is 1. The minimum atomic E-state index is -0.414. The summed E-state index contributed by atoms with van der Waals surface area (Å²) in [5.41, 5.74) is 2.48. The third-order valence-corrected chi connectivity index (χ3v) is 5.93. The molecule has 1 amide bonds. The molecule has 0 bridgehead atoms. The maximum absolute atomic E-state index is 13.3. The molecule has 3 aromatic rings. The maximum Gasteiger partial charge on any atom is 0.256 e. The number of fused-ring (bicyclic) bond motifs is 1. The summed E-state index contributed by atoms with van der Waals surface area (Å²) < 4.78 is 20.7. The van der Waals surface area contributed by atoms with Gasteiger partial charge in [-0.25, -0.2) is 9.37 Å². The summed E-state index contributed by atoms with van der Waals surface area (Å²) >= 11 is 0. The number of carbonyl (C=O) groups is 1. The fraction of sp³-hybridized carbons (Fsp3) is 0.400. The van der Waals surface area contributed by atoms with Crippen molar-refractivity contribution in [2.24, 2.45) is 0 Å². The number of aryl methyl sites for hydroxylation is 2. The van der Waals surface area contributed by atoms with E-state index in [9.17, 15) is 14.0 Å². The van der Waals surface area contributed by atoms with Crippen LogP contribution in [0.15, 0.2) is 47.5 Å². The highest BCUT2D eigenvalue weighted by Crippen LogP contribution is 2.21. The normalized spacial score (nSPS) is 14.1. The Morgan fingerprint density at radius 2 is 1.94 bits per heavy atom. The molecule has 34 heavy (non-hydrogen) atoms. The molecule has 180 valence electrons. The minimum Gasteiger partial charge on any atom is -0.378 e. The Kier molecular flexibility index (Phi) is 7.54. The molecule has 1 fully saturated rings. The molecule has 1 aliphatic heterocycles. The third-order valence-electron chi connectivity index (χ3n) is 5.93. The Bertz CT molecular complexity index is 1200. The Hall–Kier alpha value is -3.30. The van der Waals surface area contributed by atoms with Gasteiger partial charge in [0.25, 0.3) is 5.91 Å². The first kappa shape index (κ1) is 23.8. The number of nitrogens with one attached hydrogen (secondary N) is 1. The van der Waals surface area contributed by atoms with Gasteiger partial charge in [-0.15, -0.1) is 0 Å². The van der Waals surface area contributed by atoms with Crippen molar-refractivity contribution in [3.8, 4) is 0 Å². The van der Waals surface area contributed by atoms with Crippen molar-refractivity contribution in [3.63, 3.8) is 0 Å². The number of halogens is 1. The van der Waals surface area contributed by atoms with Gasteiger partial charge in [0.1, 0.15) is 16.9 Å². The molecule has 9 heteroatoms. The van der Waals surface area contributed by atoms with Crippen LogP contribution in [0.3, 0.4) is 0 Å². The molecule has 0 radical (unpaired) electrons. The number of hydrogen-bond acceptors (Lipinski definition) is 6. The number of benzene rings is 1. The van der Waals surface area contributed by atoms with E-state index in [-0.39, 0.29) is 22.3 Å². The SMILES string of the molecule is CN(C)CCNC(=O)c1cn(CCc2ccc(F)cc2)c2cc(N3CCOCC3)cnc2c1=O. The van der Waals surface area contributed by atoms with E-state index in [2.05, 4.69) is 15.2 Å². The van der Waals surface area contributed by atoms with Crippen molar-refractivity contribution in [2.75, 3.05) is 58.4 Å². The van der Waals surface area contributed by atoms with E-state index in [4.69, 9.17) is 4.74 Å². The van der Waals surface area contributed by atoms with Gasteiger partial charge in [0.05, 0.1) is 30.6 Å². The Morgan fingerprint density at radius 3 is 2.65 bits per heavy atom. The molecule has 1 N–H and O–H groups in total. The second kappa shape index (κ2) is 10.8. The molecule has 3 heterocycles. The molecule has 0 atom stereocenters. The second-order valence-electron chi connectivity index (χ2n) is 8.66. The fourth-order valence-electron chi connectivity index (χ4n) is 3.98. The fourth-order valence-corrected chi connectivity index (χ4v) is 3.98. The van der Waals surface area contributed by atoms with Crippen molar-refractivity contribution in [2.45, 2.75) is 13.0 Å². The van der Waals surface area contributed by atoms with Gasteiger partial charge < -0.3 is 24.4 Å². The van der Waals surface area contributed by atoms with E-state index in [1.165, 1.54) is 12.1 Å². The van der Waals surface area contributed by atoms with Crippen LogP contribution < -0.4 is 15.6 Å². The van der Waals surface area contributed by atoms with E-state index in [0.29, 0.717) is 44.8 Å². The van der Waals surface area contributed by atoms with Crippen LogP contribution in [-0.2, 0) is 17.7 Å². The van der Waals surface area contributed by atoms with E-state index in [0.717, 1.165) is 24.3 Å². The van der Waals surface area contributed by atoms with Gasteiger partial charge in [-0.1, -0.05) is 12.1 Å². The number of pyridine rings is 2. The van der Waals surface area contributed by atoms with Gasteiger partial charge in [-0.05, 0) is 44.3 Å². The highest BCUT2D eigenvalue weighted by atomic mass is 19.1. The van der Waals surface area contributed by atoms with Crippen LogP contribution in [-0.4, -0.2) is 73.8 Å². The molecule has 0 saturated carbocycles. The monoisotopic (exact) mass is 467 g/mol. The van der Waals surface area contributed by atoms with Crippen LogP contribution in [0.4, 0.5) is 10.1 Å². The number of rotatable bonds is 8. The second-order valence-corrected chi connectivity index (χ2v) is 8.66. The van der Waals surface area contributed by atoms with Crippen LogP contribution >= 0.6 is 0 Å². The topological polar surface area (TPSA) is 79.7 Å². The average Bonchev–Trinajstić information content (AvgIpc) is 2.84. The summed E-state index contributed by atoms with van der Waals surface area (Å²) in [5.74, 6) is -0.697. The van der Waals surface area contributed by atoms with Gasteiger partial charge in [0.2, 0.25) is 5.43 Å². The Balaban J connectivity index is 1.70. The largest absolute Gasteiger partial charge is 0.378 e. The molecule has 1 aromatic carbocycles. The van der Waals surface area contributed by atoms with Crippen molar-refractivity contribution < 1.29 is 13.9 Å². The zero-order chi connectivity index (χ0) is 24.1. The third kappa shape index (κ3) is 5.60. The number of ether oxygens (including phenoxy) is 1. The zero-order valence-corrected chi connectivity index (χ0v) is 19.6. The Labute approximate surface area is 197 Å². The number of anilines is 1. The molecule has 2 aromatic heterocycles. The lowest BCUT2D eigenvalue weighted by molar-refractivity contribution is 0.0949. The number of hydrogen-bond donors (Lipinski definition) is 1. The molecule has 4 rings (SSSR count). The lowest BCUT2D eigenvalue weighted by atomic mass is 10.1. The number of carbonyl (C=O) groups excluding carboxylic acids is 1. The molecular formula is C25H30FN5O3. The molecule has 8 nitrogen and oxygen atoms in total. The molecule has 0 unspecified atom stereocenters. The summed E-state index contributed by atoms with van der Waals surface area (Å²) in [5, 5.41) is 2.82. The van der Waals surface area contributed by atoms with Crippen LogP contribution in [0, 0.1) is 5.82 Å². The first-order chi connectivity index (χ1) is 16.4. The summed E-state index contributed by atoms with van der Waals surface area (Å²) in [6, 6.07) is 8.30. The summed E-state index contributed by atoms with van der Waals surface area (Å²) in [7, 11) is 3.83. The molecule has 0 aliphatic carbocycles. The van der Waals surface area contributed by atoms with Crippen LogP contribution in [0.25, 0.3) is 11.0 Å². The molecular weight excluding hydrogens is 437 g/mol. The molecule has 1 aliphatic rings. The van der Waals surface area contributed by atoms with Crippen LogP contribution in [0.2, 0.25) is 0 Å². The number of nitrogens with zero attached hydrogens (tertiary/aromatic N) is 4. The lowest BCUT2D eigenvalue weighted by Crippen LogP contribution is -2.36. The highest BCUT2D eigenvalue weighted by Gasteiger charge is 2.19. The van der Waals surface area contributed by atoms with Crippen molar-refractivity contribution in [1.29, 1.82) is 0 Å². The summed E-state index contributed by atoms with van der Waals surface area (Å²) in [4.78, 5) is 34.6. The molecule has 0 spiro atoms. The molecule has 1 saturated heterocycles. The minimum absolute atomic E-state index is 0.0667. The summed E-state index contributed by atoms with van der Waals surface area (Å²) in [6.45, 7) is 4.39. The number of aromatic nitrogens is 2. The van der Waals surface area contributed by atoms with Gasteiger partial charge in [-0.2, -0.15) is 0 Å². The van der Waals surface area contributed by atoms with Gasteiger partial charge in [0.15, 0.2) is 0 Å². The van der Waals surface area contributed by atoms with Gasteiger partial charge in [-0.3, -0.25) is 9.59 Å². The smallest absolute Gasteiger partial charge is 0.256 e. The predicted octanol–water partition coefficient (Wildman–Crippen LogP) is 1.91. The number of likely N-dealkylation sites (N-methyl/N-ethyl adjacent to an activating group) is 1. The Morgan fingerprint density at radius 1 is 1.21 bits per heavy atom. The first-order valence-corrected chi connectivity index (χ1v) is 11.5. The van der Waals surface area contributed by atoms with Gasteiger partial charge in [0, 0.05) is 38.9 Å². The predicted molar refractivity (Wildman–Crippen MR) is 130 cm³/mol. The summed E-state index contributed by atoms with van der Waals surface area (Å²) in [6.07, 6.45) is 3.92. The van der Waals surface area contributed by atoms with E-state index >= 15 is 0 Å². The quantitative estimate of drug-likeness (QED) is 0.545. The standard InChI is InChI=1S/C25H30FN5O3/c1-29(2)10-8-27-25(33)21-17-31(9-7-18-3-5-19(26)6-4-18)22-15-20(16-28-23(22)24(21)32)30-11-13-34-14-12-30/h3-6,15-17H,7-14H2,1-2H3,(H,27,33). The van der Waals surface area contributed by atoms with Gasteiger partial charge >= 0.3 is 0 Å². The van der Waals surface area contributed by atoms with Crippen molar-refractivity contribution in [3.05, 3.63) is 69.9 Å². The van der Waals surface area contributed by atoms with E-state index < -0.39 is 5.91 Å². The van der Waals surface area contributed by atoms with E-state index in [1.54, 1.807) is 24.5 Å². The van der Waals surface area contributed by atoms with Crippen LogP contribution in [0.5, 0.6) is 0 Å². The number of amides is 1. The van der Waals surface area contributed by atoms with Crippen molar-refractivity contribution in [1.82, 2.24) is 19.8 Å². The maximum atomic E-state index is 13.3. The first-order valence-electron chi connectivity index (χ1n) is 11.5. The zero-order valence-electron chi connectivity index (χ0n) is 19.6. The average molecular weight is 468 g/mol.